The van der Waals surface area contributed by atoms with Gasteiger partial charge in [0.15, 0.2) is 0 Å². The summed E-state index contributed by atoms with van der Waals surface area (Å²) in [6.45, 7) is 11.2. The van der Waals surface area contributed by atoms with E-state index >= 15 is 0 Å². The van der Waals surface area contributed by atoms with E-state index in [2.05, 4.69) is 47.1 Å². The number of pyridine rings is 1. The van der Waals surface area contributed by atoms with E-state index in [9.17, 15) is 0 Å². The van der Waals surface area contributed by atoms with Gasteiger partial charge in [0.1, 0.15) is 0 Å². The maximum atomic E-state index is 4.18. The molecule has 1 saturated heterocycles. The van der Waals surface area contributed by atoms with Crippen LogP contribution in [-0.4, -0.2) is 60.1 Å². The summed E-state index contributed by atoms with van der Waals surface area (Å²) < 4.78 is 0. The summed E-state index contributed by atoms with van der Waals surface area (Å²) >= 11 is 0. The van der Waals surface area contributed by atoms with E-state index in [4.69, 9.17) is 0 Å². The zero-order chi connectivity index (χ0) is 13.7. The predicted octanol–water partition coefficient (Wildman–Crippen LogP) is 1.20. The van der Waals surface area contributed by atoms with Gasteiger partial charge < -0.3 is 10.2 Å². The molecule has 0 aliphatic carbocycles. The maximum Gasteiger partial charge on any atom is 0.0312 e. The quantitative estimate of drug-likeness (QED) is 0.864. The van der Waals surface area contributed by atoms with E-state index in [1.807, 2.05) is 18.5 Å². The minimum atomic E-state index is 0.221. The van der Waals surface area contributed by atoms with Crippen molar-refractivity contribution in [1.82, 2.24) is 20.1 Å². The molecule has 0 atom stereocenters. The van der Waals surface area contributed by atoms with E-state index in [-0.39, 0.29) is 5.54 Å². The van der Waals surface area contributed by atoms with Crippen LogP contribution in [0.25, 0.3) is 0 Å². The SMILES string of the molecule is CN(Cc1cccnc1)CC(C)(C)N1CCNCC1. The number of rotatable bonds is 5. The summed E-state index contributed by atoms with van der Waals surface area (Å²) in [6.07, 6.45) is 3.78. The first-order valence-electron chi connectivity index (χ1n) is 7.11. The normalized spacial score (nSPS) is 17.9. The van der Waals surface area contributed by atoms with Crippen molar-refractivity contribution in [1.29, 1.82) is 0 Å². The minimum absolute atomic E-state index is 0.221. The van der Waals surface area contributed by atoms with Gasteiger partial charge in [-0.25, -0.2) is 0 Å². The highest BCUT2D eigenvalue weighted by atomic mass is 15.3. The van der Waals surface area contributed by atoms with E-state index in [0.29, 0.717) is 0 Å². The zero-order valence-electron chi connectivity index (χ0n) is 12.4. The monoisotopic (exact) mass is 262 g/mol. The predicted molar refractivity (Wildman–Crippen MR) is 79.1 cm³/mol. The topological polar surface area (TPSA) is 31.4 Å². The van der Waals surface area contributed by atoms with Crippen LogP contribution in [0.3, 0.4) is 0 Å². The molecule has 1 aliphatic rings. The third-order valence-electron chi connectivity index (χ3n) is 3.81. The Morgan fingerprint density at radius 1 is 1.37 bits per heavy atom. The third-order valence-corrected chi connectivity index (χ3v) is 3.81. The number of nitrogens with one attached hydrogen (secondary N) is 1. The van der Waals surface area contributed by atoms with Crippen LogP contribution >= 0.6 is 0 Å². The van der Waals surface area contributed by atoms with Crippen LogP contribution < -0.4 is 5.32 Å². The summed E-state index contributed by atoms with van der Waals surface area (Å²) in [5.41, 5.74) is 1.50. The number of piperazine rings is 1. The first kappa shape index (κ1) is 14.4. The van der Waals surface area contributed by atoms with Crippen molar-refractivity contribution in [3.8, 4) is 0 Å². The highest BCUT2D eigenvalue weighted by Gasteiger charge is 2.28. The lowest BCUT2D eigenvalue weighted by Crippen LogP contribution is -2.57. The highest BCUT2D eigenvalue weighted by molar-refractivity contribution is 5.08. The molecule has 1 aromatic heterocycles. The number of hydrogen-bond donors (Lipinski definition) is 1. The molecular formula is C15H26N4. The van der Waals surface area contributed by atoms with Crippen LogP contribution in [-0.2, 0) is 6.54 Å². The number of likely N-dealkylation sites (N-methyl/N-ethyl adjacent to an activating group) is 1. The summed E-state index contributed by atoms with van der Waals surface area (Å²) in [7, 11) is 2.19. The molecule has 4 nitrogen and oxygen atoms in total. The standard InChI is InChI=1S/C15H26N4/c1-15(2,19-9-7-16-8-10-19)13-18(3)12-14-5-4-6-17-11-14/h4-6,11,16H,7-10,12-13H2,1-3H3. The van der Waals surface area contributed by atoms with Gasteiger partial charge in [0.25, 0.3) is 0 Å². The smallest absolute Gasteiger partial charge is 0.0312 e. The fourth-order valence-corrected chi connectivity index (χ4v) is 2.89. The molecule has 0 amide bonds. The lowest BCUT2D eigenvalue weighted by molar-refractivity contribution is 0.0693. The lowest BCUT2D eigenvalue weighted by Gasteiger charge is -2.43. The van der Waals surface area contributed by atoms with E-state index in [0.717, 1.165) is 39.3 Å². The first-order valence-corrected chi connectivity index (χ1v) is 7.11. The summed E-state index contributed by atoms with van der Waals surface area (Å²) in [6, 6.07) is 4.14. The molecule has 1 aliphatic heterocycles. The Kier molecular flexibility index (Phi) is 4.91. The van der Waals surface area contributed by atoms with E-state index in [1.54, 1.807) is 0 Å². The summed E-state index contributed by atoms with van der Waals surface area (Å²) in [5, 5.41) is 3.42. The highest BCUT2D eigenvalue weighted by Crippen LogP contribution is 2.17. The first-order chi connectivity index (χ1) is 9.08. The van der Waals surface area contributed by atoms with Gasteiger partial charge in [-0.3, -0.25) is 9.88 Å². The number of hydrogen-bond acceptors (Lipinski definition) is 4. The number of nitrogens with zero attached hydrogens (tertiary/aromatic N) is 3. The van der Waals surface area contributed by atoms with Crippen molar-refractivity contribution in [2.45, 2.75) is 25.9 Å². The largest absolute Gasteiger partial charge is 0.314 e. The second kappa shape index (κ2) is 6.46. The molecule has 4 heteroatoms. The van der Waals surface area contributed by atoms with Gasteiger partial charge in [-0.15, -0.1) is 0 Å². The van der Waals surface area contributed by atoms with Gasteiger partial charge in [-0.2, -0.15) is 0 Å². The Morgan fingerprint density at radius 2 is 2.11 bits per heavy atom. The van der Waals surface area contributed by atoms with Gasteiger partial charge in [0.2, 0.25) is 0 Å². The van der Waals surface area contributed by atoms with Crippen molar-refractivity contribution in [2.24, 2.45) is 0 Å². The van der Waals surface area contributed by atoms with Crippen LogP contribution in [0.4, 0.5) is 0 Å². The Labute approximate surface area is 116 Å². The zero-order valence-corrected chi connectivity index (χ0v) is 12.4. The summed E-state index contributed by atoms with van der Waals surface area (Å²) in [4.78, 5) is 9.15. The molecule has 0 saturated carbocycles. The Morgan fingerprint density at radius 3 is 2.74 bits per heavy atom. The van der Waals surface area contributed by atoms with Crippen LogP contribution in [0, 0.1) is 0 Å². The van der Waals surface area contributed by atoms with E-state index in [1.165, 1.54) is 5.56 Å². The van der Waals surface area contributed by atoms with Gasteiger partial charge in [-0.1, -0.05) is 6.07 Å². The fraction of sp³-hybridized carbons (Fsp3) is 0.667. The molecule has 0 radical (unpaired) electrons. The van der Waals surface area contributed by atoms with E-state index < -0.39 is 0 Å². The van der Waals surface area contributed by atoms with Crippen molar-refractivity contribution in [3.63, 3.8) is 0 Å². The molecular weight excluding hydrogens is 236 g/mol. The molecule has 1 aromatic rings. The Hall–Kier alpha value is -0.970. The molecule has 0 bridgehead atoms. The molecule has 1 fully saturated rings. The second-order valence-corrected chi connectivity index (χ2v) is 6.08. The van der Waals surface area contributed by atoms with Gasteiger partial charge in [-0.05, 0) is 32.5 Å². The van der Waals surface area contributed by atoms with Crippen LogP contribution in [0.5, 0.6) is 0 Å². The molecule has 2 rings (SSSR count). The molecule has 1 N–H and O–H groups in total. The summed E-state index contributed by atoms with van der Waals surface area (Å²) in [5.74, 6) is 0. The van der Waals surface area contributed by atoms with Crippen molar-refractivity contribution in [3.05, 3.63) is 30.1 Å². The van der Waals surface area contributed by atoms with Crippen molar-refractivity contribution >= 4 is 0 Å². The Balaban J connectivity index is 1.88. The average Bonchev–Trinajstić information content (AvgIpc) is 2.40. The van der Waals surface area contributed by atoms with Gasteiger partial charge >= 0.3 is 0 Å². The molecule has 0 aromatic carbocycles. The second-order valence-electron chi connectivity index (χ2n) is 6.08. The maximum absolute atomic E-state index is 4.18. The fourth-order valence-electron chi connectivity index (χ4n) is 2.89. The minimum Gasteiger partial charge on any atom is -0.314 e. The lowest BCUT2D eigenvalue weighted by atomic mass is 10.0. The molecule has 0 unspecified atom stereocenters. The van der Waals surface area contributed by atoms with Crippen LogP contribution in [0.15, 0.2) is 24.5 Å². The van der Waals surface area contributed by atoms with Crippen LogP contribution in [0.2, 0.25) is 0 Å². The van der Waals surface area contributed by atoms with Crippen LogP contribution in [0.1, 0.15) is 19.4 Å². The molecule has 0 spiro atoms. The Bertz CT molecular complexity index is 371. The van der Waals surface area contributed by atoms with Gasteiger partial charge in [0, 0.05) is 57.2 Å². The molecule has 2 heterocycles. The molecule has 106 valence electrons. The number of aromatic nitrogens is 1. The van der Waals surface area contributed by atoms with Gasteiger partial charge in [0.05, 0.1) is 0 Å². The third kappa shape index (κ3) is 4.27. The van der Waals surface area contributed by atoms with Crippen molar-refractivity contribution in [2.75, 3.05) is 39.8 Å². The average molecular weight is 262 g/mol. The molecule has 19 heavy (non-hydrogen) atoms. The van der Waals surface area contributed by atoms with Crippen molar-refractivity contribution < 1.29 is 0 Å².